The van der Waals surface area contributed by atoms with E-state index in [-0.39, 0.29) is 10.9 Å². The van der Waals surface area contributed by atoms with Gasteiger partial charge in [-0.05, 0) is 42.5 Å². The number of hydrogen-bond acceptors (Lipinski definition) is 3. The molecule has 0 spiro atoms. The lowest BCUT2D eigenvalue weighted by atomic mass is 10.0. The normalized spacial score (nSPS) is 13.2. The van der Waals surface area contributed by atoms with Gasteiger partial charge in [0.15, 0.2) is 0 Å². The third-order valence-corrected chi connectivity index (χ3v) is 6.60. The lowest BCUT2D eigenvalue weighted by Crippen LogP contribution is -2.37. The smallest absolute Gasteiger partial charge is 0.282 e. The zero-order chi connectivity index (χ0) is 23.0. The molecule has 5 heteroatoms. The lowest BCUT2D eigenvalue weighted by molar-refractivity contribution is 0.205. The monoisotopic (exact) mass is 448 g/mol. The highest BCUT2D eigenvalue weighted by atomic mass is 32.2. The molecule has 1 atom stereocenters. The highest BCUT2D eigenvalue weighted by Gasteiger charge is 2.21. The summed E-state index contributed by atoms with van der Waals surface area (Å²) in [5.41, 5.74) is 3.39. The fourth-order valence-corrected chi connectivity index (χ4v) is 4.54. The first-order valence-corrected chi connectivity index (χ1v) is 12.5. The summed E-state index contributed by atoms with van der Waals surface area (Å²) in [7, 11) is -3.74. The van der Waals surface area contributed by atoms with Crippen molar-refractivity contribution in [2.24, 2.45) is 10.3 Å². The Bertz CT molecular complexity index is 1050. The molecule has 0 aromatic heterocycles. The number of aryl methyl sites for hydroxylation is 1. The molecule has 0 saturated heterocycles. The van der Waals surface area contributed by atoms with Crippen molar-refractivity contribution in [2.45, 2.75) is 51.2 Å². The highest BCUT2D eigenvalue weighted by molar-refractivity contribution is 7.90. The molecule has 168 valence electrons. The van der Waals surface area contributed by atoms with E-state index < -0.39 is 10.0 Å². The van der Waals surface area contributed by atoms with E-state index in [4.69, 9.17) is 0 Å². The van der Waals surface area contributed by atoms with Crippen molar-refractivity contribution in [2.75, 3.05) is 0 Å². The van der Waals surface area contributed by atoms with Gasteiger partial charge < -0.3 is 0 Å². The van der Waals surface area contributed by atoms with Crippen molar-refractivity contribution in [3.05, 3.63) is 102 Å². The van der Waals surface area contributed by atoms with Crippen LogP contribution >= 0.6 is 0 Å². The molecule has 0 bridgehead atoms. The van der Waals surface area contributed by atoms with Gasteiger partial charge in [-0.3, -0.25) is 4.90 Å². The Kier molecular flexibility index (Phi) is 8.37. The van der Waals surface area contributed by atoms with Gasteiger partial charge in [-0.25, -0.2) is 0 Å². The maximum absolute atomic E-state index is 12.9. The molecule has 0 unspecified atom stereocenters. The Morgan fingerprint density at radius 2 is 1.31 bits per heavy atom. The van der Waals surface area contributed by atoms with Crippen LogP contribution in [0.25, 0.3) is 0 Å². The van der Waals surface area contributed by atoms with E-state index in [0.717, 1.165) is 12.0 Å². The average Bonchev–Trinajstić information content (AvgIpc) is 2.78. The van der Waals surface area contributed by atoms with Crippen molar-refractivity contribution in [1.29, 1.82) is 0 Å². The zero-order valence-corrected chi connectivity index (χ0v) is 19.9. The van der Waals surface area contributed by atoms with Crippen LogP contribution < -0.4 is 0 Å². The number of benzene rings is 3. The topological polar surface area (TPSA) is 49.7 Å². The Hall–Kier alpha value is -2.76. The van der Waals surface area contributed by atoms with E-state index in [2.05, 4.69) is 47.4 Å². The number of sulfonamides is 1. The molecule has 4 nitrogen and oxygen atoms in total. The third-order valence-electron chi connectivity index (χ3n) is 5.33. The molecule has 0 radical (unpaired) electrons. The quantitative estimate of drug-likeness (QED) is 0.364. The minimum Gasteiger partial charge on any atom is -0.287 e. The van der Waals surface area contributed by atoms with Crippen molar-refractivity contribution in [3.8, 4) is 0 Å². The van der Waals surface area contributed by atoms with Gasteiger partial charge in [-0.2, -0.15) is 12.8 Å². The molecule has 3 aromatic carbocycles. The molecule has 0 aliphatic heterocycles. The molecular formula is C27H32N2O2S. The van der Waals surface area contributed by atoms with Gasteiger partial charge in [-0.15, -0.1) is 0 Å². The van der Waals surface area contributed by atoms with Crippen molar-refractivity contribution < 1.29 is 8.42 Å². The summed E-state index contributed by atoms with van der Waals surface area (Å²) in [6.07, 6.45) is 2.44. The van der Waals surface area contributed by atoms with Gasteiger partial charge in [0.2, 0.25) is 0 Å². The average molecular weight is 449 g/mol. The minimum atomic E-state index is -3.74. The van der Waals surface area contributed by atoms with Crippen LogP contribution in [0.2, 0.25) is 0 Å². The summed E-state index contributed by atoms with van der Waals surface area (Å²) in [4.78, 5) is 2.53. The molecule has 3 aromatic rings. The summed E-state index contributed by atoms with van der Waals surface area (Å²) in [6.45, 7) is 7.66. The SMILES string of the molecule is Cc1ccc(S(=O)(=O)/N=C/[C@H](CC(C)C)N(Cc2ccccc2)Cc2ccccc2)cc1. The van der Waals surface area contributed by atoms with Crippen molar-refractivity contribution in [1.82, 2.24) is 4.90 Å². The Morgan fingerprint density at radius 3 is 1.78 bits per heavy atom. The maximum Gasteiger partial charge on any atom is 0.282 e. The lowest BCUT2D eigenvalue weighted by Gasteiger charge is -2.30. The van der Waals surface area contributed by atoms with Crippen LogP contribution in [0.1, 0.15) is 37.0 Å². The van der Waals surface area contributed by atoms with Gasteiger partial charge in [0.25, 0.3) is 10.0 Å². The molecule has 0 fully saturated rings. The maximum atomic E-state index is 12.9. The Morgan fingerprint density at radius 1 is 0.812 bits per heavy atom. The minimum absolute atomic E-state index is 0.115. The molecular weight excluding hydrogens is 416 g/mol. The van der Waals surface area contributed by atoms with Gasteiger partial charge in [-0.1, -0.05) is 92.2 Å². The van der Waals surface area contributed by atoms with Crippen LogP contribution in [0.4, 0.5) is 0 Å². The Labute approximate surface area is 192 Å². The van der Waals surface area contributed by atoms with Crippen LogP contribution in [0.3, 0.4) is 0 Å². The van der Waals surface area contributed by atoms with Crippen LogP contribution in [0, 0.1) is 12.8 Å². The molecule has 32 heavy (non-hydrogen) atoms. The van der Waals surface area contributed by atoms with Crippen LogP contribution in [-0.2, 0) is 23.1 Å². The predicted molar refractivity (Wildman–Crippen MR) is 132 cm³/mol. The van der Waals surface area contributed by atoms with Crippen molar-refractivity contribution >= 4 is 16.2 Å². The zero-order valence-electron chi connectivity index (χ0n) is 19.1. The van der Waals surface area contributed by atoms with E-state index in [1.165, 1.54) is 11.1 Å². The summed E-state index contributed by atoms with van der Waals surface area (Å²) in [5, 5.41) is 0. The van der Waals surface area contributed by atoms with Crippen LogP contribution in [0.15, 0.2) is 94.2 Å². The van der Waals surface area contributed by atoms with E-state index >= 15 is 0 Å². The largest absolute Gasteiger partial charge is 0.287 e. The second kappa shape index (κ2) is 11.2. The first-order valence-electron chi connectivity index (χ1n) is 11.0. The van der Waals surface area contributed by atoms with Gasteiger partial charge in [0, 0.05) is 25.3 Å². The predicted octanol–water partition coefficient (Wildman–Crippen LogP) is 5.87. The molecule has 0 aliphatic carbocycles. The van der Waals surface area contributed by atoms with Gasteiger partial charge in [0.1, 0.15) is 0 Å². The first kappa shape index (κ1) is 23.9. The number of hydrogen-bond donors (Lipinski definition) is 0. The van der Waals surface area contributed by atoms with E-state index in [9.17, 15) is 8.42 Å². The summed E-state index contributed by atoms with van der Waals surface area (Å²) in [6, 6.07) is 27.3. The number of rotatable bonds is 10. The van der Waals surface area contributed by atoms with Crippen LogP contribution in [-0.4, -0.2) is 25.6 Å². The summed E-state index contributed by atoms with van der Waals surface area (Å²) < 4.78 is 29.8. The summed E-state index contributed by atoms with van der Waals surface area (Å²) >= 11 is 0. The third kappa shape index (κ3) is 7.14. The first-order chi connectivity index (χ1) is 15.3. The second-order valence-electron chi connectivity index (χ2n) is 8.62. The standard InChI is InChI=1S/C27H32N2O2S/c1-22(2)18-26(19-28-32(30,31)27-16-14-23(3)15-17-27)29(20-24-10-6-4-7-11-24)21-25-12-8-5-9-13-25/h4-17,19,22,26H,18,20-21H2,1-3H3/b28-19+/t26-/m0/s1. The van der Waals surface area contributed by atoms with Crippen LogP contribution in [0.5, 0.6) is 0 Å². The molecule has 0 amide bonds. The molecule has 0 aliphatic rings. The Balaban J connectivity index is 1.91. The van der Waals surface area contributed by atoms with Crippen molar-refractivity contribution in [3.63, 3.8) is 0 Å². The van der Waals surface area contributed by atoms with E-state index in [0.29, 0.717) is 19.0 Å². The molecule has 0 saturated carbocycles. The summed E-state index contributed by atoms with van der Waals surface area (Å²) in [5.74, 6) is 0.391. The van der Waals surface area contributed by atoms with Gasteiger partial charge >= 0.3 is 0 Å². The van der Waals surface area contributed by atoms with Gasteiger partial charge in [0.05, 0.1) is 4.90 Å². The molecule has 0 N–H and O–H groups in total. The van der Waals surface area contributed by atoms with E-state index in [1.807, 2.05) is 43.3 Å². The highest BCUT2D eigenvalue weighted by Crippen LogP contribution is 2.19. The fourth-order valence-electron chi connectivity index (χ4n) is 3.63. The second-order valence-corrected chi connectivity index (χ2v) is 10.2. The molecule has 3 rings (SSSR count). The molecule has 0 heterocycles. The van der Waals surface area contributed by atoms with E-state index in [1.54, 1.807) is 30.5 Å². The fraction of sp³-hybridized carbons (Fsp3) is 0.296. The number of nitrogens with zero attached hydrogens (tertiary/aromatic N) is 2.